The smallest absolute Gasteiger partial charge is 0.185 e. The van der Waals surface area contributed by atoms with E-state index in [1.54, 1.807) is 6.20 Å². The van der Waals surface area contributed by atoms with Gasteiger partial charge in [-0.2, -0.15) is 0 Å². The minimum Gasteiger partial charge on any atom is -0.346 e. The molecule has 0 saturated carbocycles. The third-order valence-corrected chi connectivity index (χ3v) is 3.62. The van der Waals surface area contributed by atoms with Gasteiger partial charge < -0.3 is 14.4 Å². The van der Waals surface area contributed by atoms with Crippen molar-refractivity contribution in [2.24, 2.45) is 0 Å². The number of rotatable bonds is 3. The average Bonchev–Trinajstić information content (AvgIpc) is 2.89. The van der Waals surface area contributed by atoms with Crippen molar-refractivity contribution < 1.29 is 9.47 Å². The molecule has 0 N–H and O–H groups in total. The van der Waals surface area contributed by atoms with Crippen molar-refractivity contribution >= 4 is 0 Å². The minimum atomic E-state index is -0.228. The molecule has 3 heterocycles. The summed E-state index contributed by atoms with van der Waals surface area (Å²) in [6.07, 6.45) is 7.56. The van der Waals surface area contributed by atoms with Crippen molar-refractivity contribution in [1.29, 1.82) is 0 Å². The lowest BCUT2D eigenvalue weighted by Gasteiger charge is -2.28. The Morgan fingerprint density at radius 2 is 2.17 bits per heavy atom. The van der Waals surface area contributed by atoms with Crippen LogP contribution >= 0.6 is 0 Å². The third kappa shape index (κ3) is 2.88. The maximum Gasteiger partial charge on any atom is 0.185 e. The molecule has 0 aromatic carbocycles. The van der Waals surface area contributed by atoms with E-state index >= 15 is 0 Å². The van der Waals surface area contributed by atoms with Crippen LogP contribution in [0.1, 0.15) is 31.1 Å². The number of hydrogen-bond acceptors (Lipinski definition) is 4. The van der Waals surface area contributed by atoms with E-state index in [-0.39, 0.29) is 12.4 Å². The molecule has 1 aromatic heterocycles. The van der Waals surface area contributed by atoms with Crippen LogP contribution < -0.4 is 0 Å². The molecule has 2 atom stereocenters. The van der Waals surface area contributed by atoms with E-state index < -0.39 is 0 Å². The van der Waals surface area contributed by atoms with Gasteiger partial charge in [-0.3, -0.25) is 4.98 Å². The highest BCUT2D eigenvalue weighted by Gasteiger charge is 2.29. The monoisotopic (exact) mass is 248 g/mol. The Bertz CT molecular complexity index is 365. The lowest BCUT2D eigenvalue weighted by atomic mass is 10.1. The van der Waals surface area contributed by atoms with Gasteiger partial charge >= 0.3 is 0 Å². The highest BCUT2D eigenvalue weighted by Crippen LogP contribution is 2.26. The quantitative estimate of drug-likeness (QED) is 0.819. The first-order chi connectivity index (χ1) is 8.92. The molecule has 0 spiro atoms. The van der Waals surface area contributed by atoms with Gasteiger partial charge in [0.15, 0.2) is 6.29 Å². The van der Waals surface area contributed by atoms with E-state index in [4.69, 9.17) is 9.47 Å². The molecule has 98 valence electrons. The molecule has 2 aliphatic heterocycles. The first-order valence-corrected chi connectivity index (χ1v) is 6.81. The van der Waals surface area contributed by atoms with Gasteiger partial charge in [0.2, 0.25) is 0 Å². The molecule has 2 fully saturated rings. The van der Waals surface area contributed by atoms with Gasteiger partial charge in [-0.15, -0.1) is 0 Å². The average molecular weight is 248 g/mol. The van der Waals surface area contributed by atoms with Crippen LogP contribution in [-0.4, -0.2) is 42.2 Å². The summed E-state index contributed by atoms with van der Waals surface area (Å²) in [6, 6.07) is 3.92. The number of pyridine rings is 1. The summed E-state index contributed by atoms with van der Waals surface area (Å²) in [5, 5.41) is 0. The van der Waals surface area contributed by atoms with Gasteiger partial charge in [0.25, 0.3) is 0 Å². The molecule has 0 aliphatic carbocycles. The van der Waals surface area contributed by atoms with Crippen molar-refractivity contribution in [3.63, 3.8) is 0 Å². The van der Waals surface area contributed by atoms with Gasteiger partial charge in [-0.1, -0.05) is 12.5 Å². The fraction of sp³-hybridized carbons (Fsp3) is 0.643. The number of piperidine rings is 1. The van der Waals surface area contributed by atoms with Crippen LogP contribution in [0.3, 0.4) is 0 Å². The number of aromatic nitrogens is 1. The summed E-state index contributed by atoms with van der Waals surface area (Å²) in [5.74, 6) is 0. The largest absolute Gasteiger partial charge is 0.346 e. The summed E-state index contributed by atoms with van der Waals surface area (Å²) >= 11 is 0. The SMILES string of the molecule is c1cncc([C@H]2OC[C@@H](CN3CCCCC3)O2)c1. The summed E-state index contributed by atoms with van der Waals surface area (Å²) < 4.78 is 11.7. The van der Waals surface area contributed by atoms with Crippen molar-refractivity contribution in [3.05, 3.63) is 30.1 Å². The van der Waals surface area contributed by atoms with Crippen LogP contribution in [-0.2, 0) is 9.47 Å². The zero-order valence-corrected chi connectivity index (χ0v) is 10.6. The van der Waals surface area contributed by atoms with Gasteiger partial charge in [0.05, 0.1) is 12.7 Å². The Morgan fingerprint density at radius 3 is 2.94 bits per heavy atom. The molecular weight excluding hydrogens is 228 g/mol. The molecule has 4 heteroatoms. The van der Waals surface area contributed by atoms with E-state index in [1.807, 2.05) is 18.3 Å². The molecule has 2 aliphatic rings. The Labute approximate surface area is 108 Å². The molecule has 0 amide bonds. The van der Waals surface area contributed by atoms with E-state index in [0.29, 0.717) is 6.61 Å². The lowest BCUT2D eigenvalue weighted by Crippen LogP contribution is -2.37. The zero-order chi connectivity index (χ0) is 12.2. The Hall–Kier alpha value is -0.970. The first-order valence-electron chi connectivity index (χ1n) is 6.81. The molecule has 3 rings (SSSR count). The minimum absolute atomic E-state index is 0.202. The van der Waals surface area contributed by atoms with Gasteiger partial charge in [-0.05, 0) is 32.0 Å². The van der Waals surface area contributed by atoms with Gasteiger partial charge in [0.1, 0.15) is 0 Å². The van der Waals surface area contributed by atoms with Crippen LogP contribution in [0.15, 0.2) is 24.5 Å². The summed E-state index contributed by atoms with van der Waals surface area (Å²) in [5.41, 5.74) is 1.01. The number of nitrogens with zero attached hydrogens (tertiary/aromatic N) is 2. The normalized spacial score (nSPS) is 29.6. The van der Waals surface area contributed by atoms with Gasteiger partial charge in [-0.25, -0.2) is 0 Å². The summed E-state index contributed by atoms with van der Waals surface area (Å²) in [7, 11) is 0. The van der Waals surface area contributed by atoms with Crippen LogP contribution in [0.4, 0.5) is 0 Å². The topological polar surface area (TPSA) is 34.6 Å². The fourth-order valence-electron chi connectivity index (χ4n) is 2.66. The molecule has 18 heavy (non-hydrogen) atoms. The third-order valence-electron chi connectivity index (χ3n) is 3.62. The van der Waals surface area contributed by atoms with Crippen LogP contribution in [0, 0.1) is 0 Å². The summed E-state index contributed by atoms with van der Waals surface area (Å²) in [6.45, 7) is 4.10. The number of ether oxygens (including phenoxy) is 2. The van der Waals surface area contributed by atoms with Crippen LogP contribution in [0.25, 0.3) is 0 Å². The Kier molecular flexibility index (Phi) is 3.88. The maximum atomic E-state index is 5.95. The van der Waals surface area contributed by atoms with Crippen molar-refractivity contribution in [3.8, 4) is 0 Å². The second-order valence-corrected chi connectivity index (χ2v) is 5.07. The van der Waals surface area contributed by atoms with E-state index in [0.717, 1.165) is 12.1 Å². The van der Waals surface area contributed by atoms with Crippen molar-refractivity contribution in [1.82, 2.24) is 9.88 Å². The van der Waals surface area contributed by atoms with Gasteiger partial charge in [0, 0.05) is 24.5 Å². The zero-order valence-electron chi connectivity index (χ0n) is 10.6. The second kappa shape index (κ2) is 5.78. The lowest BCUT2D eigenvalue weighted by molar-refractivity contribution is -0.0650. The Morgan fingerprint density at radius 1 is 1.28 bits per heavy atom. The van der Waals surface area contributed by atoms with Crippen LogP contribution in [0.5, 0.6) is 0 Å². The summed E-state index contributed by atoms with van der Waals surface area (Å²) in [4.78, 5) is 6.59. The first kappa shape index (κ1) is 12.1. The number of likely N-dealkylation sites (tertiary alicyclic amines) is 1. The van der Waals surface area contributed by atoms with Crippen LogP contribution in [0.2, 0.25) is 0 Å². The predicted molar refractivity (Wildman–Crippen MR) is 68.1 cm³/mol. The van der Waals surface area contributed by atoms with E-state index in [1.165, 1.54) is 32.4 Å². The van der Waals surface area contributed by atoms with E-state index in [2.05, 4.69) is 9.88 Å². The van der Waals surface area contributed by atoms with Crippen molar-refractivity contribution in [2.45, 2.75) is 31.7 Å². The number of hydrogen-bond donors (Lipinski definition) is 0. The molecule has 0 bridgehead atoms. The molecule has 2 saturated heterocycles. The van der Waals surface area contributed by atoms with Crippen molar-refractivity contribution in [2.75, 3.05) is 26.2 Å². The standard InChI is InChI=1S/C14H20N2O2/c1-2-7-16(8-3-1)10-13-11-17-14(18-13)12-5-4-6-15-9-12/h4-6,9,13-14H,1-3,7-8,10-11H2/t13-,14+/m1/s1. The molecule has 0 unspecified atom stereocenters. The Balaban J connectivity index is 1.52. The highest BCUT2D eigenvalue weighted by atomic mass is 16.7. The molecule has 1 aromatic rings. The molecule has 4 nitrogen and oxygen atoms in total. The fourth-order valence-corrected chi connectivity index (χ4v) is 2.66. The molecule has 0 radical (unpaired) electrons. The highest BCUT2D eigenvalue weighted by molar-refractivity contribution is 5.10. The van der Waals surface area contributed by atoms with E-state index in [9.17, 15) is 0 Å². The molecular formula is C14H20N2O2. The predicted octanol–water partition coefficient (Wildman–Crippen LogP) is 1.98. The second-order valence-electron chi connectivity index (χ2n) is 5.07. The maximum absolute atomic E-state index is 5.95.